The van der Waals surface area contributed by atoms with E-state index in [1.54, 1.807) is 11.3 Å². The molecular weight excluding hydrogens is 336 g/mol. The zero-order valence-corrected chi connectivity index (χ0v) is 13.7. The zero-order chi connectivity index (χ0) is 17.2. The van der Waals surface area contributed by atoms with Crippen molar-refractivity contribution in [2.75, 3.05) is 0 Å². The summed E-state index contributed by atoms with van der Waals surface area (Å²) in [6, 6.07) is 15.8. The van der Waals surface area contributed by atoms with Crippen molar-refractivity contribution in [2.45, 2.75) is 0 Å². The quantitative estimate of drug-likeness (QED) is 0.582. The lowest BCUT2D eigenvalue weighted by Crippen LogP contribution is -1.99. The van der Waals surface area contributed by atoms with E-state index >= 15 is 0 Å². The summed E-state index contributed by atoms with van der Waals surface area (Å²) in [6.07, 6.45) is 1.85. The lowest BCUT2D eigenvalue weighted by atomic mass is 10.0. The topological polar surface area (TPSA) is 91.8 Å². The summed E-state index contributed by atoms with van der Waals surface area (Å²) in [6.45, 7) is 0. The minimum Gasteiger partial charge on any atom is -0.476 e. The van der Waals surface area contributed by atoms with E-state index in [2.05, 4.69) is 44.7 Å². The number of H-pyrrole nitrogens is 1. The van der Waals surface area contributed by atoms with Crippen molar-refractivity contribution in [1.82, 2.24) is 20.4 Å². The van der Waals surface area contributed by atoms with Gasteiger partial charge in [0.25, 0.3) is 0 Å². The summed E-state index contributed by atoms with van der Waals surface area (Å²) >= 11 is 1.61. The van der Waals surface area contributed by atoms with E-state index in [9.17, 15) is 4.79 Å². The van der Waals surface area contributed by atoms with E-state index < -0.39 is 5.97 Å². The Balaban J connectivity index is 1.62. The fraction of sp³-hybridized carbons (Fsp3) is 0. The molecule has 0 unspecified atom stereocenters. The summed E-state index contributed by atoms with van der Waals surface area (Å²) < 4.78 is 0. The number of thiazole rings is 1. The van der Waals surface area contributed by atoms with Crippen LogP contribution in [0.25, 0.3) is 32.8 Å². The number of nitrogens with one attached hydrogen (secondary N) is 1. The minimum atomic E-state index is -1.11. The van der Waals surface area contributed by atoms with Crippen LogP contribution in [-0.4, -0.2) is 31.5 Å². The van der Waals surface area contributed by atoms with E-state index in [4.69, 9.17) is 5.11 Å². The number of aromatic nitrogens is 4. The molecular formula is C18H12N4O2S. The average molecular weight is 348 g/mol. The number of hydrogen-bond donors (Lipinski definition) is 2. The van der Waals surface area contributed by atoms with Crippen LogP contribution in [0.3, 0.4) is 0 Å². The zero-order valence-electron chi connectivity index (χ0n) is 12.9. The Morgan fingerprint density at radius 3 is 2.04 bits per heavy atom. The third kappa shape index (κ3) is 2.92. The first-order chi connectivity index (χ1) is 12.2. The Kier molecular flexibility index (Phi) is 3.83. The summed E-state index contributed by atoms with van der Waals surface area (Å²) in [5.41, 5.74) is 6.03. The Morgan fingerprint density at radius 1 is 0.880 bits per heavy atom. The van der Waals surface area contributed by atoms with Crippen molar-refractivity contribution < 1.29 is 9.90 Å². The predicted molar refractivity (Wildman–Crippen MR) is 95.3 cm³/mol. The van der Waals surface area contributed by atoms with E-state index in [0.717, 1.165) is 21.6 Å². The normalized spacial score (nSPS) is 10.7. The molecule has 25 heavy (non-hydrogen) atoms. The molecule has 0 saturated heterocycles. The number of hydrogen-bond acceptors (Lipinski definition) is 5. The molecule has 4 aromatic rings. The van der Waals surface area contributed by atoms with Gasteiger partial charge in [0.05, 0.1) is 10.4 Å². The molecule has 7 heteroatoms. The largest absolute Gasteiger partial charge is 0.476 e. The maximum Gasteiger partial charge on any atom is 0.358 e. The third-order valence-electron chi connectivity index (χ3n) is 3.84. The number of nitrogens with zero attached hydrogens (tertiary/aromatic N) is 3. The highest BCUT2D eigenvalue weighted by atomic mass is 32.1. The van der Waals surface area contributed by atoms with Gasteiger partial charge in [-0.25, -0.2) is 4.79 Å². The first-order valence-electron chi connectivity index (χ1n) is 7.46. The van der Waals surface area contributed by atoms with Crippen molar-refractivity contribution in [2.24, 2.45) is 0 Å². The standard InChI is InChI=1S/C18H12N4O2S/c23-18(24)17-16(20-22-21-17)14-7-3-12(4-8-14)11-1-5-13(6-2-11)15-9-19-10-25-15/h1-10H,(H,23,24)(H,20,21,22). The minimum absolute atomic E-state index is 0.0818. The van der Waals surface area contributed by atoms with Gasteiger partial charge in [-0.15, -0.1) is 16.4 Å². The number of aromatic amines is 1. The fourth-order valence-electron chi connectivity index (χ4n) is 2.59. The maximum atomic E-state index is 11.1. The third-order valence-corrected chi connectivity index (χ3v) is 4.67. The lowest BCUT2D eigenvalue weighted by Gasteiger charge is -2.05. The van der Waals surface area contributed by atoms with Crippen LogP contribution in [-0.2, 0) is 0 Å². The number of carboxylic acids is 1. The van der Waals surface area contributed by atoms with Gasteiger partial charge in [0.1, 0.15) is 5.69 Å². The molecule has 0 amide bonds. The number of carbonyl (C=O) groups is 1. The summed E-state index contributed by atoms with van der Waals surface area (Å²) in [4.78, 5) is 16.4. The monoisotopic (exact) mass is 348 g/mol. The van der Waals surface area contributed by atoms with Crippen LogP contribution in [0.1, 0.15) is 10.5 Å². The first kappa shape index (κ1) is 15.2. The van der Waals surface area contributed by atoms with Gasteiger partial charge in [0, 0.05) is 11.8 Å². The molecule has 0 radical (unpaired) electrons. The molecule has 0 bridgehead atoms. The second-order valence-electron chi connectivity index (χ2n) is 5.35. The fourth-order valence-corrected chi connectivity index (χ4v) is 3.22. The second kappa shape index (κ2) is 6.29. The van der Waals surface area contributed by atoms with Crippen molar-refractivity contribution in [3.05, 3.63) is 65.9 Å². The molecule has 0 saturated carbocycles. The van der Waals surface area contributed by atoms with Crippen LogP contribution in [0.4, 0.5) is 0 Å². The van der Waals surface area contributed by atoms with Crippen molar-refractivity contribution in [1.29, 1.82) is 0 Å². The number of aromatic carboxylic acids is 1. The highest BCUT2D eigenvalue weighted by Gasteiger charge is 2.16. The molecule has 0 atom stereocenters. The Hall–Kier alpha value is -3.32. The van der Waals surface area contributed by atoms with Crippen LogP contribution in [0.15, 0.2) is 60.2 Å². The smallest absolute Gasteiger partial charge is 0.358 e. The van der Waals surface area contributed by atoms with Gasteiger partial charge in [-0.3, -0.25) is 4.98 Å². The molecule has 0 spiro atoms. The average Bonchev–Trinajstić information content (AvgIpc) is 3.34. The van der Waals surface area contributed by atoms with Crippen LogP contribution in [0, 0.1) is 0 Å². The molecule has 2 heterocycles. The Bertz CT molecular complexity index is 1010. The highest BCUT2D eigenvalue weighted by molar-refractivity contribution is 7.13. The van der Waals surface area contributed by atoms with E-state index in [0.29, 0.717) is 11.3 Å². The molecule has 2 aromatic heterocycles. The van der Waals surface area contributed by atoms with E-state index in [1.807, 2.05) is 36.0 Å². The molecule has 0 fully saturated rings. The van der Waals surface area contributed by atoms with Crippen LogP contribution >= 0.6 is 11.3 Å². The molecule has 2 N–H and O–H groups in total. The predicted octanol–water partition coefficient (Wildman–Crippen LogP) is 3.96. The molecule has 0 aliphatic rings. The lowest BCUT2D eigenvalue weighted by molar-refractivity contribution is 0.0691. The van der Waals surface area contributed by atoms with Gasteiger partial charge in [-0.05, 0) is 16.7 Å². The summed E-state index contributed by atoms with van der Waals surface area (Å²) in [5, 5.41) is 19.1. The van der Waals surface area contributed by atoms with E-state index in [1.165, 1.54) is 0 Å². The van der Waals surface area contributed by atoms with Gasteiger partial charge in [-0.1, -0.05) is 48.5 Å². The molecule has 0 aliphatic heterocycles. The van der Waals surface area contributed by atoms with Crippen LogP contribution < -0.4 is 0 Å². The summed E-state index contributed by atoms with van der Waals surface area (Å²) in [7, 11) is 0. The van der Waals surface area contributed by atoms with Crippen molar-refractivity contribution in [3.8, 4) is 32.8 Å². The van der Waals surface area contributed by atoms with Gasteiger partial charge < -0.3 is 5.11 Å². The highest BCUT2D eigenvalue weighted by Crippen LogP contribution is 2.28. The van der Waals surface area contributed by atoms with Crippen LogP contribution in [0.5, 0.6) is 0 Å². The molecule has 0 aliphatic carbocycles. The summed E-state index contributed by atoms with van der Waals surface area (Å²) in [5.74, 6) is -1.11. The second-order valence-corrected chi connectivity index (χ2v) is 6.23. The number of benzene rings is 2. The molecule has 4 rings (SSSR count). The Morgan fingerprint density at radius 2 is 1.48 bits per heavy atom. The maximum absolute atomic E-state index is 11.1. The SMILES string of the molecule is O=C(O)c1n[nH]nc1-c1ccc(-c2ccc(-c3cncs3)cc2)cc1. The first-order valence-corrected chi connectivity index (χ1v) is 8.34. The van der Waals surface area contributed by atoms with Crippen LogP contribution in [0.2, 0.25) is 0 Å². The van der Waals surface area contributed by atoms with Crippen molar-refractivity contribution in [3.63, 3.8) is 0 Å². The van der Waals surface area contributed by atoms with Gasteiger partial charge in [0.2, 0.25) is 0 Å². The molecule has 6 nitrogen and oxygen atoms in total. The number of carboxylic acid groups (broad SMARTS) is 1. The van der Waals surface area contributed by atoms with Gasteiger partial charge in [0.15, 0.2) is 5.69 Å². The van der Waals surface area contributed by atoms with Crippen molar-refractivity contribution >= 4 is 17.3 Å². The Labute approximate surface area is 146 Å². The van der Waals surface area contributed by atoms with Gasteiger partial charge in [-0.2, -0.15) is 10.3 Å². The molecule has 2 aromatic carbocycles. The molecule has 122 valence electrons. The van der Waals surface area contributed by atoms with Gasteiger partial charge >= 0.3 is 5.97 Å². The van der Waals surface area contributed by atoms with E-state index in [-0.39, 0.29) is 5.69 Å². The number of rotatable bonds is 4.